The van der Waals surface area contributed by atoms with Gasteiger partial charge in [-0.1, -0.05) is 18.2 Å². The van der Waals surface area contributed by atoms with Crippen LogP contribution < -0.4 is 0 Å². The molecule has 1 amide bonds. The van der Waals surface area contributed by atoms with Crippen LogP contribution in [0.1, 0.15) is 52.7 Å². The summed E-state index contributed by atoms with van der Waals surface area (Å²) in [4.78, 5) is 34.7. The topological polar surface area (TPSA) is 59.7 Å². The van der Waals surface area contributed by atoms with E-state index in [1.807, 2.05) is 29.2 Å². The lowest BCUT2D eigenvalue weighted by atomic mass is 9.84. The number of aromatic amines is 1. The molecule has 6 nitrogen and oxygen atoms in total. The number of nitrogens with one attached hydrogen (secondary N) is 1. The number of benzene rings is 2. The predicted octanol–water partition coefficient (Wildman–Crippen LogP) is 6.79. The summed E-state index contributed by atoms with van der Waals surface area (Å²) in [7, 11) is 0. The van der Waals surface area contributed by atoms with Crippen LogP contribution in [0.25, 0.3) is 10.9 Å². The fourth-order valence-corrected chi connectivity index (χ4v) is 7.08. The van der Waals surface area contributed by atoms with Gasteiger partial charge in [-0.3, -0.25) is 4.79 Å². The van der Waals surface area contributed by atoms with E-state index in [-0.39, 0.29) is 44.5 Å². The van der Waals surface area contributed by atoms with Crippen LogP contribution in [0.2, 0.25) is 0 Å². The number of hydrogen-bond donors (Lipinski definition) is 1. The van der Waals surface area contributed by atoms with E-state index in [4.69, 9.17) is 0 Å². The summed E-state index contributed by atoms with van der Waals surface area (Å²) in [5.74, 6) is 2.57. The van der Waals surface area contributed by atoms with E-state index in [2.05, 4.69) is 15.8 Å². The molecule has 1 aromatic heterocycles. The molecule has 3 aromatic rings. The van der Waals surface area contributed by atoms with Gasteiger partial charge in [0.1, 0.15) is 0 Å². The third-order valence-corrected chi connectivity index (χ3v) is 9.32. The van der Waals surface area contributed by atoms with Gasteiger partial charge in [0.25, 0.3) is 5.91 Å². The van der Waals surface area contributed by atoms with E-state index in [0.717, 1.165) is 55.2 Å². The molecule has 0 spiro atoms. The first-order chi connectivity index (χ1) is 20.9. The average molecular weight is 655 g/mol. The first-order valence-electron chi connectivity index (χ1n) is 14.8. The van der Waals surface area contributed by atoms with Crippen LogP contribution in [-0.2, 0) is 23.6 Å². The second kappa shape index (κ2) is 12.6. The minimum Gasteiger partial charge on any atom is -0.361 e. The Labute approximate surface area is 262 Å². The molecule has 3 saturated heterocycles. The molecule has 1 aliphatic carbocycles. The molecule has 3 aliphatic heterocycles. The van der Waals surface area contributed by atoms with E-state index in [1.54, 1.807) is 6.20 Å². The van der Waals surface area contributed by atoms with Gasteiger partial charge in [0.2, 0.25) is 0 Å². The fourth-order valence-electron chi connectivity index (χ4n) is 7.08. The summed E-state index contributed by atoms with van der Waals surface area (Å²) in [6.07, 6.45) is -3.66. The molecule has 242 valence electrons. The smallest absolute Gasteiger partial charge is 0.361 e. The Morgan fingerprint density at radius 2 is 1.44 bits per heavy atom. The molecular weight excluding hydrogens is 622 g/mol. The van der Waals surface area contributed by atoms with Gasteiger partial charge >= 0.3 is 12.4 Å². The second-order valence-corrected chi connectivity index (χ2v) is 12.2. The molecule has 2 bridgehead atoms. The van der Waals surface area contributed by atoms with Crippen molar-refractivity contribution in [2.75, 3.05) is 32.7 Å². The molecular formula is C32H33ClF6N4O2. The molecule has 13 heteroatoms. The quantitative estimate of drug-likeness (QED) is 0.243. The monoisotopic (exact) mass is 654 g/mol. The number of fused-ring (bicyclic) bond motifs is 5. The van der Waals surface area contributed by atoms with Crippen LogP contribution in [0.3, 0.4) is 0 Å². The number of carbonyl (C=O) groups excluding carboxylic acids is 2. The molecule has 7 rings (SSSR count). The van der Waals surface area contributed by atoms with Crippen LogP contribution in [0.5, 0.6) is 0 Å². The third-order valence-electron chi connectivity index (χ3n) is 9.32. The third kappa shape index (κ3) is 6.82. The number of alkyl halides is 6. The first kappa shape index (κ1) is 32.8. The van der Waals surface area contributed by atoms with Crippen molar-refractivity contribution >= 4 is 35.2 Å². The largest absolute Gasteiger partial charge is 0.416 e. The highest BCUT2D eigenvalue weighted by Crippen LogP contribution is 2.38. The number of aromatic nitrogens is 1. The first-order valence-corrected chi connectivity index (χ1v) is 14.8. The van der Waals surface area contributed by atoms with Gasteiger partial charge < -0.3 is 19.7 Å². The molecule has 4 aliphatic rings. The summed E-state index contributed by atoms with van der Waals surface area (Å²) < 4.78 is 81.7. The van der Waals surface area contributed by atoms with Gasteiger partial charge in [-0.25, -0.2) is 4.79 Å². The number of para-hydroxylation sites is 1. The van der Waals surface area contributed by atoms with Crippen molar-refractivity contribution in [1.29, 1.82) is 0 Å². The summed E-state index contributed by atoms with van der Waals surface area (Å²) in [6, 6.07) is 7.85. The number of piperazine rings is 1. The van der Waals surface area contributed by atoms with Gasteiger partial charge in [-0.15, -0.1) is 12.4 Å². The average Bonchev–Trinajstić information content (AvgIpc) is 3.15. The minimum atomic E-state index is -5.07. The van der Waals surface area contributed by atoms with Crippen molar-refractivity contribution in [3.8, 4) is 0 Å². The van der Waals surface area contributed by atoms with E-state index in [9.17, 15) is 35.9 Å². The Morgan fingerprint density at radius 1 is 0.844 bits per heavy atom. The maximum atomic E-state index is 13.8. The van der Waals surface area contributed by atoms with Crippen molar-refractivity contribution in [3.63, 3.8) is 0 Å². The summed E-state index contributed by atoms with van der Waals surface area (Å²) >= 11 is 0. The van der Waals surface area contributed by atoms with E-state index in [0.29, 0.717) is 29.8 Å². The summed E-state index contributed by atoms with van der Waals surface area (Å²) in [5.41, 5.74) is -2.06. The Hall–Kier alpha value is -3.63. The predicted molar refractivity (Wildman–Crippen MR) is 158 cm³/mol. The van der Waals surface area contributed by atoms with Gasteiger partial charge in [0.15, 0.2) is 11.8 Å². The zero-order valence-electron chi connectivity index (χ0n) is 24.3. The molecule has 1 saturated carbocycles. The van der Waals surface area contributed by atoms with E-state index < -0.39 is 41.0 Å². The molecule has 4 fully saturated rings. The molecule has 0 unspecified atom stereocenters. The Bertz CT molecular complexity index is 1540. The SMILES string of the molecule is Cl.O=C=C(N1CC2CCC(CC2)C1)N1CCN(C(=O)c2cc(C(F)(F)F)cc(C(F)(F)F)c2)[C@H](Cc2c[nH]c3ccccc23)C1. The lowest BCUT2D eigenvalue weighted by Gasteiger charge is -2.44. The normalized spacial score (nSPS) is 22.2. The number of amides is 1. The number of hydrogen-bond acceptors (Lipinski definition) is 4. The summed E-state index contributed by atoms with van der Waals surface area (Å²) in [6.45, 7) is 1.84. The minimum absolute atomic E-state index is 0. The van der Waals surface area contributed by atoms with Crippen molar-refractivity contribution in [1.82, 2.24) is 19.7 Å². The number of H-pyrrole nitrogens is 1. The van der Waals surface area contributed by atoms with Gasteiger partial charge in [0, 0.05) is 55.4 Å². The highest BCUT2D eigenvalue weighted by atomic mass is 35.5. The summed E-state index contributed by atoms with van der Waals surface area (Å²) in [5, 5.41) is 0.894. The molecule has 1 atom stereocenters. The zero-order valence-corrected chi connectivity index (χ0v) is 25.1. The maximum absolute atomic E-state index is 13.8. The van der Waals surface area contributed by atoms with Crippen LogP contribution >= 0.6 is 12.4 Å². The standard InChI is InChI=1S/C32H32F6N4O2.ClH/c33-31(34,35)24-11-22(12-25(14-24)32(36,37)38)30(44)42-10-9-40(29(19-43)41-16-20-5-6-21(17-41)8-7-20)18-26(42)13-23-15-39-28-4-2-1-3-27(23)28;/h1-4,11-12,14-15,20-21,26,39H,5-10,13,16-18H2;1H/t20?,21?,26-;/m1./s1. The van der Waals surface area contributed by atoms with Gasteiger partial charge in [-0.2, -0.15) is 26.3 Å². The second-order valence-electron chi connectivity index (χ2n) is 12.2. The van der Waals surface area contributed by atoms with Crippen LogP contribution in [0.15, 0.2) is 54.5 Å². The van der Waals surface area contributed by atoms with Gasteiger partial charge in [0.05, 0.1) is 17.2 Å². The number of carbonyl (C=O) groups is 1. The van der Waals surface area contributed by atoms with Crippen molar-refractivity contribution in [2.45, 2.75) is 50.5 Å². The highest BCUT2D eigenvalue weighted by molar-refractivity contribution is 5.95. The molecule has 2 aromatic carbocycles. The zero-order chi connectivity index (χ0) is 31.2. The van der Waals surface area contributed by atoms with E-state index >= 15 is 0 Å². The van der Waals surface area contributed by atoms with Crippen molar-refractivity contribution in [2.24, 2.45) is 11.8 Å². The highest BCUT2D eigenvalue weighted by Gasteiger charge is 2.40. The van der Waals surface area contributed by atoms with Crippen molar-refractivity contribution in [3.05, 3.63) is 76.7 Å². The van der Waals surface area contributed by atoms with E-state index in [1.165, 1.54) is 4.90 Å². The lowest BCUT2D eigenvalue weighted by Crippen LogP contribution is -2.57. The van der Waals surface area contributed by atoms with Crippen LogP contribution in [-0.4, -0.2) is 70.3 Å². The molecule has 1 N–H and O–H groups in total. The van der Waals surface area contributed by atoms with Crippen LogP contribution in [0.4, 0.5) is 26.3 Å². The lowest BCUT2D eigenvalue weighted by molar-refractivity contribution is -0.143. The maximum Gasteiger partial charge on any atom is 0.416 e. The number of halogens is 7. The Kier molecular flexibility index (Phi) is 9.20. The van der Waals surface area contributed by atoms with Crippen LogP contribution in [0, 0.1) is 11.8 Å². The fraction of sp³-hybridized carbons (Fsp3) is 0.469. The Balaban J connectivity index is 0.00000400. The Morgan fingerprint density at radius 3 is 2.02 bits per heavy atom. The number of nitrogens with zero attached hydrogens (tertiary/aromatic N) is 3. The van der Waals surface area contributed by atoms with Gasteiger partial charge in [-0.05, 0) is 73.8 Å². The number of rotatable bonds is 5. The molecule has 0 radical (unpaired) electrons. The molecule has 4 heterocycles. The van der Waals surface area contributed by atoms with Crippen molar-refractivity contribution < 1.29 is 35.9 Å². The molecule has 45 heavy (non-hydrogen) atoms.